The van der Waals surface area contributed by atoms with E-state index >= 15 is 0 Å². The first kappa shape index (κ1) is 33.8. The summed E-state index contributed by atoms with van der Waals surface area (Å²) in [6, 6.07) is 0. The van der Waals surface area contributed by atoms with Gasteiger partial charge in [0.1, 0.15) is 11.8 Å². The molecule has 0 fully saturated rings. The Kier molecular flexibility index (Phi) is 18.4. The molecule has 0 aliphatic carbocycles. The van der Waals surface area contributed by atoms with Crippen LogP contribution in [0.1, 0.15) is 26.7 Å². The molecule has 11 nitrogen and oxygen atoms in total. The van der Waals surface area contributed by atoms with E-state index in [1.807, 2.05) is 0 Å². The number of allylic oxidation sites excluding steroid dienone is 2. The number of hydrogen-bond donors (Lipinski definition) is 4. The summed E-state index contributed by atoms with van der Waals surface area (Å²) in [5.41, 5.74) is 0. The molecule has 0 aromatic carbocycles. The van der Waals surface area contributed by atoms with Crippen molar-refractivity contribution in [3.8, 4) is 0 Å². The summed E-state index contributed by atoms with van der Waals surface area (Å²) in [5.74, 6) is -1.36. The molecule has 0 rings (SSSR count). The topological polar surface area (TPSA) is 199 Å². The molecule has 0 heterocycles. The average molecular weight is 502 g/mol. The van der Waals surface area contributed by atoms with Crippen LogP contribution < -0.4 is 0 Å². The summed E-state index contributed by atoms with van der Waals surface area (Å²) < 4.78 is 54.9. The largest absolute Gasteiger partial charge is 0.412 e. The predicted octanol–water partition coefficient (Wildman–Crippen LogP) is 3.20. The molecule has 0 amide bonds. The summed E-state index contributed by atoms with van der Waals surface area (Å²) in [6.45, 7) is 10.6. The molecule has 0 saturated heterocycles. The van der Waals surface area contributed by atoms with Crippen LogP contribution in [-0.4, -0.2) is 62.4 Å². The zero-order valence-electron chi connectivity index (χ0n) is 16.8. The van der Waals surface area contributed by atoms with E-state index in [2.05, 4.69) is 13.2 Å². The second kappa shape index (κ2) is 15.9. The maximum absolute atomic E-state index is 11.8. The Morgan fingerprint density at radius 1 is 0.724 bits per heavy atom. The van der Waals surface area contributed by atoms with Crippen LogP contribution in [0.25, 0.3) is 0 Å². The molecule has 29 heavy (non-hydrogen) atoms. The molecule has 0 spiro atoms. The van der Waals surface area contributed by atoms with Gasteiger partial charge in [0.25, 0.3) is 0 Å². The summed E-state index contributed by atoms with van der Waals surface area (Å²) in [6.07, 6.45) is 4.22. The highest BCUT2D eigenvalue weighted by Gasteiger charge is 2.32. The van der Waals surface area contributed by atoms with E-state index in [4.69, 9.17) is 28.6 Å². The average Bonchev–Trinajstić information content (AvgIpc) is 2.48. The van der Waals surface area contributed by atoms with Crippen LogP contribution in [0.4, 0.5) is 0 Å². The minimum absolute atomic E-state index is 0. The molecule has 0 saturated carbocycles. The van der Waals surface area contributed by atoms with Crippen molar-refractivity contribution in [1.29, 1.82) is 0 Å². The Morgan fingerprint density at radius 3 is 1.17 bits per heavy atom. The molecular formula is C14H34O11P4. The predicted molar refractivity (Wildman–Crippen MR) is 115 cm³/mol. The molecule has 0 aromatic heterocycles. The molecule has 0 aliphatic rings. The van der Waals surface area contributed by atoms with Crippen LogP contribution >= 0.6 is 29.9 Å². The van der Waals surface area contributed by atoms with Gasteiger partial charge in [-0.1, -0.05) is 12.2 Å². The summed E-state index contributed by atoms with van der Waals surface area (Å²) in [5, 5.41) is 0. The van der Waals surface area contributed by atoms with Gasteiger partial charge in [0, 0.05) is 12.3 Å². The molecule has 6 N–H and O–H groups in total. The van der Waals surface area contributed by atoms with Gasteiger partial charge >= 0.3 is 15.2 Å². The fourth-order valence-corrected chi connectivity index (χ4v) is 10.6. The Balaban J connectivity index is -0.000000451. The highest BCUT2D eigenvalue weighted by molar-refractivity contribution is 7.73. The van der Waals surface area contributed by atoms with Gasteiger partial charge in [0.2, 0.25) is 14.7 Å². The van der Waals surface area contributed by atoms with Crippen molar-refractivity contribution in [2.45, 2.75) is 26.7 Å². The molecule has 2 atom stereocenters. The first-order valence-electron chi connectivity index (χ1n) is 8.42. The minimum atomic E-state index is -4.28. The fraction of sp³-hybridized carbons (Fsp3) is 0.714. The van der Waals surface area contributed by atoms with Crippen LogP contribution in [0.3, 0.4) is 0 Å². The van der Waals surface area contributed by atoms with E-state index in [-0.39, 0.29) is 31.0 Å². The molecule has 0 radical (unpaired) electrons. The first-order chi connectivity index (χ1) is 12.7. The highest BCUT2D eigenvalue weighted by Crippen LogP contribution is 2.59. The monoisotopic (exact) mass is 502 g/mol. The minimum Gasteiger partial charge on any atom is -0.412 e. The molecule has 0 aromatic rings. The first-order valence-corrected chi connectivity index (χ1v) is 16.0. The third-order valence-electron chi connectivity index (χ3n) is 2.88. The zero-order valence-corrected chi connectivity index (χ0v) is 20.3. The van der Waals surface area contributed by atoms with Gasteiger partial charge < -0.3 is 34.1 Å². The van der Waals surface area contributed by atoms with Crippen molar-refractivity contribution >= 4 is 29.9 Å². The second-order valence-electron chi connectivity index (χ2n) is 5.68. The number of hydrogen-bond acceptors (Lipinski definition) is 6. The van der Waals surface area contributed by atoms with Crippen molar-refractivity contribution in [2.75, 3.05) is 37.3 Å². The second-order valence-corrected chi connectivity index (χ2v) is 15.3. The van der Waals surface area contributed by atoms with Crippen molar-refractivity contribution in [3.63, 3.8) is 0 Å². The standard InChI is InChI=1S/2C7H16O5P2.H2O/c2*1-3-5-6-13(8,12-4-2)7-14(9,10)11;/h2*3H,1,4-7H2,2H3,(H2,9,10,11);1H2. The van der Waals surface area contributed by atoms with Crippen molar-refractivity contribution in [3.05, 3.63) is 25.3 Å². The normalized spacial score (nSPS) is 15.7. The molecule has 176 valence electrons. The van der Waals surface area contributed by atoms with E-state index in [1.54, 1.807) is 26.0 Å². The van der Waals surface area contributed by atoms with E-state index in [0.717, 1.165) is 0 Å². The van der Waals surface area contributed by atoms with Gasteiger partial charge in [-0.05, 0) is 26.7 Å². The van der Waals surface area contributed by atoms with Crippen LogP contribution in [0, 0.1) is 0 Å². The van der Waals surface area contributed by atoms with Gasteiger partial charge in [0.15, 0.2) is 0 Å². The van der Waals surface area contributed by atoms with Crippen LogP contribution in [0.5, 0.6) is 0 Å². The lowest BCUT2D eigenvalue weighted by atomic mass is 10.5. The molecule has 0 bridgehead atoms. The third-order valence-corrected chi connectivity index (χ3v) is 12.6. The van der Waals surface area contributed by atoms with Gasteiger partial charge in [0.05, 0.1) is 13.2 Å². The van der Waals surface area contributed by atoms with Crippen molar-refractivity contribution in [2.24, 2.45) is 0 Å². The van der Waals surface area contributed by atoms with Gasteiger partial charge in [-0.15, -0.1) is 13.2 Å². The van der Waals surface area contributed by atoms with Gasteiger partial charge in [-0.2, -0.15) is 0 Å². The quantitative estimate of drug-likeness (QED) is 0.202. The molecular weight excluding hydrogens is 468 g/mol. The van der Waals surface area contributed by atoms with E-state index in [9.17, 15) is 18.3 Å². The van der Waals surface area contributed by atoms with E-state index in [0.29, 0.717) is 12.8 Å². The lowest BCUT2D eigenvalue weighted by Gasteiger charge is -2.17. The maximum Gasteiger partial charge on any atom is 0.335 e. The summed E-state index contributed by atoms with van der Waals surface area (Å²) in [7, 11) is -14.9. The maximum atomic E-state index is 11.8. The SMILES string of the molecule is C=CCCP(=O)(CP(=O)(O)O)OCC.C=CCCP(=O)(CP(=O)(O)O)OCC.O. The Hall–Kier alpha value is 0.120. The zero-order chi connectivity index (χ0) is 22.5. The lowest BCUT2D eigenvalue weighted by Crippen LogP contribution is -2.00. The van der Waals surface area contributed by atoms with E-state index < -0.39 is 41.7 Å². The fourth-order valence-electron chi connectivity index (χ4n) is 1.96. The third kappa shape index (κ3) is 21.1. The van der Waals surface area contributed by atoms with Gasteiger partial charge in [-0.25, -0.2) is 0 Å². The number of rotatable bonds is 14. The molecule has 15 heteroatoms. The van der Waals surface area contributed by atoms with Gasteiger partial charge in [-0.3, -0.25) is 18.3 Å². The lowest BCUT2D eigenvalue weighted by molar-refractivity contribution is 0.328. The Bertz CT molecular complexity index is 596. The van der Waals surface area contributed by atoms with Crippen LogP contribution in [0.15, 0.2) is 25.3 Å². The molecule has 0 aliphatic heterocycles. The highest BCUT2D eigenvalue weighted by atomic mass is 31.2. The van der Waals surface area contributed by atoms with Crippen molar-refractivity contribution in [1.82, 2.24) is 0 Å². The van der Waals surface area contributed by atoms with Crippen molar-refractivity contribution < 1.29 is 52.4 Å². The Labute approximate surface area is 172 Å². The Morgan fingerprint density at radius 2 is 1.00 bits per heavy atom. The van der Waals surface area contributed by atoms with Crippen LogP contribution in [-0.2, 0) is 27.3 Å². The van der Waals surface area contributed by atoms with E-state index in [1.165, 1.54) is 0 Å². The molecule has 2 unspecified atom stereocenters. The summed E-state index contributed by atoms with van der Waals surface area (Å²) in [4.78, 5) is 34.8. The smallest absolute Gasteiger partial charge is 0.335 e. The summed E-state index contributed by atoms with van der Waals surface area (Å²) >= 11 is 0. The van der Waals surface area contributed by atoms with Crippen LogP contribution in [0.2, 0.25) is 0 Å².